The first-order valence-electron chi connectivity index (χ1n) is 5.82. The minimum Gasteiger partial charge on any atom is -0.370 e. The highest BCUT2D eigenvalue weighted by molar-refractivity contribution is 5.78. The number of hydrogen-bond donors (Lipinski definition) is 1. The summed E-state index contributed by atoms with van der Waals surface area (Å²) in [7, 11) is 0. The van der Waals surface area contributed by atoms with Gasteiger partial charge in [-0.25, -0.2) is 0 Å². The molecule has 86 valence electrons. The lowest BCUT2D eigenvalue weighted by atomic mass is 10.0. The summed E-state index contributed by atoms with van der Waals surface area (Å²) in [6, 6.07) is 8.81. The van der Waals surface area contributed by atoms with Crippen molar-refractivity contribution >= 4 is 5.96 Å². The molecule has 1 aromatic carbocycles. The van der Waals surface area contributed by atoms with Crippen LogP contribution in [0.4, 0.5) is 0 Å². The van der Waals surface area contributed by atoms with Gasteiger partial charge >= 0.3 is 0 Å². The monoisotopic (exact) mass is 217 g/mol. The molecule has 0 radical (unpaired) electrons. The standard InChI is InChI=1S/C13H19N3/c1-10(2)15-13(14)16-8-7-11-5-3-4-6-12(11)9-16/h3-6,10H,7-9H2,1-2H3,(H2,14,15). The molecule has 1 aromatic rings. The topological polar surface area (TPSA) is 41.6 Å². The Morgan fingerprint density at radius 1 is 1.31 bits per heavy atom. The number of fused-ring (bicyclic) bond motifs is 1. The van der Waals surface area contributed by atoms with E-state index in [9.17, 15) is 0 Å². The highest BCUT2D eigenvalue weighted by atomic mass is 15.3. The Morgan fingerprint density at radius 3 is 2.69 bits per heavy atom. The molecule has 0 bridgehead atoms. The molecule has 0 saturated heterocycles. The highest BCUT2D eigenvalue weighted by Crippen LogP contribution is 2.18. The van der Waals surface area contributed by atoms with E-state index in [1.807, 2.05) is 13.8 Å². The molecular formula is C13H19N3. The van der Waals surface area contributed by atoms with E-state index in [1.165, 1.54) is 11.1 Å². The maximum atomic E-state index is 5.98. The van der Waals surface area contributed by atoms with Gasteiger partial charge < -0.3 is 10.6 Å². The lowest BCUT2D eigenvalue weighted by Gasteiger charge is -2.29. The molecule has 0 amide bonds. The molecule has 0 aliphatic carbocycles. The molecule has 1 aliphatic rings. The fourth-order valence-corrected chi connectivity index (χ4v) is 2.04. The molecule has 0 atom stereocenters. The Morgan fingerprint density at radius 2 is 2.00 bits per heavy atom. The number of guanidine groups is 1. The summed E-state index contributed by atoms with van der Waals surface area (Å²) in [5.74, 6) is 0.671. The molecule has 0 aromatic heterocycles. The Balaban J connectivity index is 2.14. The summed E-state index contributed by atoms with van der Waals surface area (Å²) >= 11 is 0. The van der Waals surface area contributed by atoms with Crippen LogP contribution in [0.25, 0.3) is 0 Å². The summed E-state index contributed by atoms with van der Waals surface area (Å²) in [5.41, 5.74) is 8.79. The second kappa shape index (κ2) is 4.56. The van der Waals surface area contributed by atoms with Crippen molar-refractivity contribution in [2.75, 3.05) is 6.54 Å². The van der Waals surface area contributed by atoms with Gasteiger partial charge in [0.05, 0.1) is 0 Å². The summed E-state index contributed by atoms with van der Waals surface area (Å²) in [6.45, 7) is 5.95. The largest absolute Gasteiger partial charge is 0.370 e. The lowest BCUT2D eigenvalue weighted by molar-refractivity contribution is 0.387. The molecule has 0 spiro atoms. The molecule has 1 heterocycles. The minimum absolute atomic E-state index is 0.261. The Hall–Kier alpha value is -1.51. The van der Waals surface area contributed by atoms with Crippen molar-refractivity contribution in [3.63, 3.8) is 0 Å². The minimum atomic E-state index is 0.261. The van der Waals surface area contributed by atoms with Crippen molar-refractivity contribution in [2.45, 2.75) is 32.9 Å². The predicted molar refractivity (Wildman–Crippen MR) is 67.3 cm³/mol. The van der Waals surface area contributed by atoms with Gasteiger partial charge in [-0.05, 0) is 31.4 Å². The summed E-state index contributed by atoms with van der Waals surface area (Å²) in [6.07, 6.45) is 1.06. The van der Waals surface area contributed by atoms with Crippen LogP contribution in [0.3, 0.4) is 0 Å². The van der Waals surface area contributed by atoms with Crippen molar-refractivity contribution in [1.82, 2.24) is 4.90 Å². The fraction of sp³-hybridized carbons (Fsp3) is 0.462. The summed E-state index contributed by atoms with van der Waals surface area (Å²) in [4.78, 5) is 6.55. The Bertz CT molecular complexity index is 396. The van der Waals surface area contributed by atoms with Gasteiger partial charge in [0.2, 0.25) is 0 Å². The van der Waals surface area contributed by atoms with Crippen LogP contribution in [0, 0.1) is 0 Å². The molecule has 3 nitrogen and oxygen atoms in total. The van der Waals surface area contributed by atoms with Crippen LogP contribution >= 0.6 is 0 Å². The third-order valence-electron chi connectivity index (χ3n) is 2.85. The number of aliphatic imine (C=N–C) groups is 1. The second-order valence-corrected chi connectivity index (χ2v) is 4.52. The lowest BCUT2D eigenvalue weighted by Crippen LogP contribution is -2.41. The molecule has 2 N–H and O–H groups in total. The molecule has 0 fully saturated rings. The van der Waals surface area contributed by atoms with Gasteiger partial charge in [-0.2, -0.15) is 0 Å². The maximum Gasteiger partial charge on any atom is 0.191 e. The quantitative estimate of drug-likeness (QED) is 0.575. The SMILES string of the molecule is CC(C)N=C(N)N1CCc2ccccc2C1. The van der Waals surface area contributed by atoms with E-state index >= 15 is 0 Å². The third kappa shape index (κ3) is 2.35. The zero-order valence-corrected chi connectivity index (χ0v) is 9.98. The molecule has 16 heavy (non-hydrogen) atoms. The Labute approximate surface area is 97.0 Å². The summed E-state index contributed by atoms with van der Waals surface area (Å²) in [5, 5.41) is 0. The van der Waals surface area contributed by atoms with E-state index < -0.39 is 0 Å². The van der Waals surface area contributed by atoms with Gasteiger partial charge in [-0.1, -0.05) is 24.3 Å². The highest BCUT2D eigenvalue weighted by Gasteiger charge is 2.16. The van der Waals surface area contributed by atoms with Crippen LogP contribution in [0.2, 0.25) is 0 Å². The first-order chi connectivity index (χ1) is 7.66. The number of nitrogens with two attached hydrogens (primary N) is 1. The van der Waals surface area contributed by atoms with Gasteiger partial charge in [-0.3, -0.25) is 4.99 Å². The van der Waals surface area contributed by atoms with E-state index in [0.29, 0.717) is 5.96 Å². The summed E-state index contributed by atoms with van der Waals surface area (Å²) < 4.78 is 0. The van der Waals surface area contributed by atoms with Crippen LogP contribution in [0.5, 0.6) is 0 Å². The van der Waals surface area contributed by atoms with Gasteiger partial charge in [0.15, 0.2) is 5.96 Å². The average molecular weight is 217 g/mol. The van der Waals surface area contributed by atoms with Gasteiger partial charge in [0.25, 0.3) is 0 Å². The molecule has 3 heteroatoms. The van der Waals surface area contributed by atoms with Crippen molar-refractivity contribution in [3.8, 4) is 0 Å². The molecule has 0 unspecified atom stereocenters. The van der Waals surface area contributed by atoms with Crippen molar-refractivity contribution < 1.29 is 0 Å². The van der Waals surface area contributed by atoms with Crippen molar-refractivity contribution in [1.29, 1.82) is 0 Å². The Kier molecular flexibility index (Phi) is 3.13. The van der Waals surface area contributed by atoms with Gasteiger partial charge in [0, 0.05) is 19.1 Å². The van der Waals surface area contributed by atoms with Crippen molar-refractivity contribution in [2.24, 2.45) is 10.7 Å². The van der Waals surface area contributed by atoms with Gasteiger partial charge in [-0.15, -0.1) is 0 Å². The first kappa shape index (κ1) is 11.0. The van der Waals surface area contributed by atoms with E-state index in [0.717, 1.165) is 19.5 Å². The second-order valence-electron chi connectivity index (χ2n) is 4.52. The predicted octanol–water partition coefficient (Wildman–Crippen LogP) is 1.77. The molecular weight excluding hydrogens is 198 g/mol. The normalized spacial score (nSPS) is 16.4. The van der Waals surface area contributed by atoms with E-state index in [-0.39, 0.29) is 6.04 Å². The van der Waals surface area contributed by atoms with Crippen LogP contribution in [0.15, 0.2) is 29.3 Å². The average Bonchev–Trinajstić information content (AvgIpc) is 2.27. The zero-order valence-electron chi connectivity index (χ0n) is 9.98. The number of benzene rings is 1. The molecule has 1 aliphatic heterocycles. The van der Waals surface area contributed by atoms with Crippen LogP contribution in [-0.4, -0.2) is 23.4 Å². The van der Waals surface area contributed by atoms with E-state index in [4.69, 9.17) is 5.73 Å². The first-order valence-corrected chi connectivity index (χ1v) is 5.82. The van der Waals surface area contributed by atoms with Crippen molar-refractivity contribution in [3.05, 3.63) is 35.4 Å². The number of nitrogens with zero attached hydrogens (tertiary/aromatic N) is 2. The fourth-order valence-electron chi connectivity index (χ4n) is 2.04. The van der Waals surface area contributed by atoms with Crippen LogP contribution in [0.1, 0.15) is 25.0 Å². The number of rotatable bonds is 1. The van der Waals surface area contributed by atoms with Gasteiger partial charge in [0.1, 0.15) is 0 Å². The van der Waals surface area contributed by atoms with Crippen LogP contribution in [-0.2, 0) is 13.0 Å². The smallest absolute Gasteiger partial charge is 0.191 e. The third-order valence-corrected chi connectivity index (χ3v) is 2.85. The molecule has 0 saturated carbocycles. The number of hydrogen-bond acceptors (Lipinski definition) is 1. The maximum absolute atomic E-state index is 5.98. The van der Waals surface area contributed by atoms with E-state index in [1.54, 1.807) is 0 Å². The zero-order chi connectivity index (χ0) is 11.5. The van der Waals surface area contributed by atoms with E-state index in [2.05, 4.69) is 34.2 Å². The van der Waals surface area contributed by atoms with Crippen LogP contribution < -0.4 is 5.73 Å². The molecule has 2 rings (SSSR count).